The predicted molar refractivity (Wildman–Crippen MR) is 98.3 cm³/mol. The standard InChI is InChI=1S/C16H12Cl2N4OS/c17-12-7-6-11(9-13(12)18)19-15(23)20-16-22-21-14(24-16)8-10-4-2-1-3-5-10/h1-7,9H,8H2,(H2,19,20,22,23). The first-order valence-corrected chi connectivity index (χ1v) is 8.57. The Labute approximate surface area is 152 Å². The van der Waals surface area contributed by atoms with Crippen LogP contribution in [0.25, 0.3) is 0 Å². The Morgan fingerprint density at radius 1 is 1.00 bits per heavy atom. The van der Waals surface area contributed by atoms with Crippen LogP contribution in [0, 0.1) is 0 Å². The molecular formula is C16H12Cl2N4OS. The van der Waals surface area contributed by atoms with Crippen molar-refractivity contribution in [3.63, 3.8) is 0 Å². The van der Waals surface area contributed by atoms with Gasteiger partial charge in [-0.2, -0.15) is 0 Å². The summed E-state index contributed by atoms with van der Waals surface area (Å²) >= 11 is 13.1. The summed E-state index contributed by atoms with van der Waals surface area (Å²) in [5.41, 5.74) is 1.68. The largest absolute Gasteiger partial charge is 0.325 e. The molecule has 0 saturated carbocycles. The SMILES string of the molecule is O=C(Nc1ccc(Cl)c(Cl)c1)Nc1nnc(Cc2ccccc2)s1. The van der Waals surface area contributed by atoms with E-state index in [1.54, 1.807) is 18.2 Å². The molecule has 0 aliphatic heterocycles. The predicted octanol–water partition coefficient (Wildman–Crippen LogP) is 5.08. The van der Waals surface area contributed by atoms with E-state index < -0.39 is 6.03 Å². The van der Waals surface area contributed by atoms with Gasteiger partial charge in [0.2, 0.25) is 5.13 Å². The fourth-order valence-electron chi connectivity index (χ4n) is 1.98. The van der Waals surface area contributed by atoms with E-state index in [0.717, 1.165) is 10.6 Å². The highest BCUT2D eigenvalue weighted by Crippen LogP contribution is 2.25. The number of anilines is 2. The van der Waals surface area contributed by atoms with Crippen LogP contribution in [-0.4, -0.2) is 16.2 Å². The normalized spacial score (nSPS) is 10.4. The number of aromatic nitrogens is 2. The van der Waals surface area contributed by atoms with Gasteiger partial charge in [0.05, 0.1) is 10.0 Å². The third-order valence-electron chi connectivity index (χ3n) is 3.06. The molecule has 0 bridgehead atoms. The Balaban J connectivity index is 1.59. The molecule has 0 radical (unpaired) electrons. The van der Waals surface area contributed by atoms with Crippen LogP contribution < -0.4 is 10.6 Å². The smallest absolute Gasteiger partial charge is 0.308 e. The van der Waals surface area contributed by atoms with Crippen molar-refractivity contribution >= 4 is 51.4 Å². The second-order valence-corrected chi connectivity index (χ2v) is 6.75. The van der Waals surface area contributed by atoms with Crippen LogP contribution in [0.1, 0.15) is 10.6 Å². The molecule has 0 aliphatic carbocycles. The van der Waals surface area contributed by atoms with Crippen molar-refractivity contribution in [3.05, 3.63) is 69.1 Å². The second kappa shape index (κ2) is 7.61. The highest BCUT2D eigenvalue weighted by molar-refractivity contribution is 7.15. The maximum Gasteiger partial charge on any atom is 0.325 e. The Hall–Kier alpha value is -2.15. The third-order valence-corrected chi connectivity index (χ3v) is 4.64. The number of rotatable bonds is 4. The number of carbonyl (C=O) groups is 1. The van der Waals surface area contributed by atoms with E-state index in [0.29, 0.717) is 27.3 Å². The molecule has 0 spiro atoms. The molecule has 0 aliphatic rings. The van der Waals surface area contributed by atoms with Crippen LogP contribution in [0.2, 0.25) is 10.0 Å². The molecule has 24 heavy (non-hydrogen) atoms. The van der Waals surface area contributed by atoms with Crippen LogP contribution in [0.4, 0.5) is 15.6 Å². The molecule has 1 aromatic heterocycles. The zero-order valence-electron chi connectivity index (χ0n) is 12.3. The molecule has 2 N–H and O–H groups in total. The van der Waals surface area contributed by atoms with Crippen LogP contribution in [0.3, 0.4) is 0 Å². The first-order valence-electron chi connectivity index (χ1n) is 6.99. The first-order chi connectivity index (χ1) is 11.6. The van der Waals surface area contributed by atoms with Crippen molar-refractivity contribution in [2.24, 2.45) is 0 Å². The maximum atomic E-state index is 12.0. The number of nitrogens with zero attached hydrogens (tertiary/aromatic N) is 2. The van der Waals surface area contributed by atoms with E-state index in [1.807, 2.05) is 30.3 Å². The summed E-state index contributed by atoms with van der Waals surface area (Å²) in [4.78, 5) is 12.0. The van der Waals surface area contributed by atoms with Crippen molar-refractivity contribution < 1.29 is 4.79 Å². The minimum Gasteiger partial charge on any atom is -0.308 e. The number of urea groups is 1. The van der Waals surface area contributed by atoms with Crippen LogP contribution in [-0.2, 0) is 6.42 Å². The van der Waals surface area contributed by atoms with Gasteiger partial charge in [0.25, 0.3) is 0 Å². The molecular weight excluding hydrogens is 367 g/mol. The zero-order valence-corrected chi connectivity index (χ0v) is 14.6. The van der Waals surface area contributed by atoms with Crippen molar-refractivity contribution in [2.75, 3.05) is 10.6 Å². The lowest BCUT2D eigenvalue weighted by Gasteiger charge is -2.05. The van der Waals surface area contributed by atoms with Gasteiger partial charge in [0, 0.05) is 12.1 Å². The molecule has 5 nitrogen and oxygen atoms in total. The molecule has 0 fully saturated rings. The quantitative estimate of drug-likeness (QED) is 0.664. The summed E-state index contributed by atoms with van der Waals surface area (Å²) < 4.78 is 0. The molecule has 3 aromatic rings. The van der Waals surface area contributed by atoms with E-state index in [9.17, 15) is 4.79 Å². The van der Waals surface area contributed by atoms with Crippen molar-refractivity contribution in [1.29, 1.82) is 0 Å². The fraction of sp³-hybridized carbons (Fsp3) is 0.0625. The highest BCUT2D eigenvalue weighted by atomic mass is 35.5. The molecule has 0 saturated heterocycles. The summed E-state index contributed by atoms with van der Waals surface area (Å²) in [5.74, 6) is 0. The minimum absolute atomic E-state index is 0.371. The summed E-state index contributed by atoms with van der Waals surface area (Å²) in [6.45, 7) is 0. The van der Waals surface area contributed by atoms with Gasteiger partial charge in [0.1, 0.15) is 5.01 Å². The Kier molecular flexibility index (Phi) is 5.30. The number of nitrogens with one attached hydrogen (secondary N) is 2. The Morgan fingerprint density at radius 2 is 1.79 bits per heavy atom. The van der Waals surface area contributed by atoms with Gasteiger partial charge >= 0.3 is 6.03 Å². The zero-order chi connectivity index (χ0) is 16.9. The number of carbonyl (C=O) groups excluding carboxylic acids is 1. The van der Waals surface area contributed by atoms with Crippen molar-refractivity contribution in [2.45, 2.75) is 6.42 Å². The number of hydrogen-bond acceptors (Lipinski definition) is 4. The fourth-order valence-corrected chi connectivity index (χ4v) is 3.05. The summed E-state index contributed by atoms with van der Waals surface area (Å²) in [6, 6.07) is 14.4. The van der Waals surface area contributed by atoms with Gasteiger partial charge < -0.3 is 5.32 Å². The molecule has 8 heteroatoms. The Bertz CT molecular complexity index is 854. The molecule has 2 amide bonds. The van der Waals surface area contributed by atoms with Gasteiger partial charge in [-0.3, -0.25) is 5.32 Å². The first kappa shape index (κ1) is 16.7. The second-order valence-electron chi connectivity index (χ2n) is 4.87. The van der Waals surface area contributed by atoms with Gasteiger partial charge in [-0.25, -0.2) is 4.79 Å². The molecule has 2 aromatic carbocycles. The van der Waals surface area contributed by atoms with Crippen molar-refractivity contribution in [3.8, 4) is 0 Å². The Morgan fingerprint density at radius 3 is 2.54 bits per heavy atom. The van der Waals surface area contributed by atoms with Gasteiger partial charge in [-0.1, -0.05) is 64.9 Å². The number of benzene rings is 2. The maximum absolute atomic E-state index is 12.0. The molecule has 0 atom stereocenters. The lowest BCUT2D eigenvalue weighted by atomic mass is 10.2. The molecule has 1 heterocycles. The highest BCUT2D eigenvalue weighted by Gasteiger charge is 2.09. The topological polar surface area (TPSA) is 66.9 Å². The van der Waals surface area contributed by atoms with Crippen LogP contribution >= 0.6 is 34.5 Å². The van der Waals surface area contributed by atoms with Gasteiger partial charge in [-0.05, 0) is 23.8 Å². The van der Waals surface area contributed by atoms with E-state index in [-0.39, 0.29) is 0 Å². The van der Waals surface area contributed by atoms with E-state index in [1.165, 1.54) is 11.3 Å². The molecule has 0 unspecified atom stereocenters. The van der Waals surface area contributed by atoms with Gasteiger partial charge in [0.15, 0.2) is 0 Å². The van der Waals surface area contributed by atoms with Gasteiger partial charge in [-0.15, -0.1) is 10.2 Å². The third kappa shape index (κ3) is 4.44. The average Bonchev–Trinajstić information content (AvgIpc) is 2.99. The monoisotopic (exact) mass is 378 g/mol. The lowest BCUT2D eigenvalue weighted by Crippen LogP contribution is -2.19. The molecule has 3 rings (SSSR count). The minimum atomic E-state index is -0.421. The molecule has 122 valence electrons. The van der Waals surface area contributed by atoms with Crippen molar-refractivity contribution in [1.82, 2.24) is 10.2 Å². The summed E-state index contributed by atoms with van der Waals surface area (Å²) in [5, 5.41) is 15.4. The van der Waals surface area contributed by atoms with Crippen LogP contribution in [0.5, 0.6) is 0 Å². The van der Waals surface area contributed by atoms with E-state index in [2.05, 4.69) is 20.8 Å². The average molecular weight is 379 g/mol. The number of halogens is 2. The summed E-state index contributed by atoms with van der Waals surface area (Å²) in [6.07, 6.45) is 0.675. The lowest BCUT2D eigenvalue weighted by molar-refractivity contribution is 0.262. The number of amides is 2. The van der Waals surface area contributed by atoms with E-state index in [4.69, 9.17) is 23.2 Å². The van der Waals surface area contributed by atoms with Crippen LogP contribution in [0.15, 0.2) is 48.5 Å². The van der Waals surface area contributed by atoms with E-state index >= 15 is 0 Å². The number of hydrogen-bond donors (Lipinski definition) is 2. The summed E-state index contributed by atoms with van der Waals surface area (Å²) in [7, 11) is 0.